The van der Waals surface area contributed by atoms with Crippen molar-refractivity contribution in [1.29, 1.82) is 0 Å². The highest BCUT2D eigenvalue weighted by molar-refractivity contribution is 6.09. The lowest BCUT2D eigenvalue weighted by atomic mass is 9.99. The van der Waals surface area contributed by atoms with E-state index < -0.39 is 29.9 Å². The van der Waals surface area contributed by atoms with Gasteiger partial charge in [-0.2, -0.15) is 17.6 Å². The Labute approximate surface area is 215 Å². The zero-order valence-electron chi connectivity index (χ0n) is 19.9. The minimum absolute atomic E-state index is 0.145. The van der Waals surface area contributed by atoms with Crippen molar-refractivity contribution in [2.24, 2.45) is 0 Å². The third-order valence-electron chi connectivity index (χ3n) is 5.52. The Kier molecular flexibility index (Phi) is 7.66. The molecule has 0 spiro atoms. The van der Waals surface area contributed by atoms with E-state index in [1.807, 2.05) is 30.3 Å². The molecule has 0 saturated heterocycles. The molecule has 38 heavy (non-hydrogen) atoms. The van der Waals surface area contributed by atoms with E-state index in [0.717, 1.165) is 35.4 Å². The molecule has 9 heteroatoms. The molecule has 4 nitrogen and oxygen atoms in total. The molecule has 0 saturated carbocycles. The van der Waals surface area contributed by atoms with Crippen LogP contribution >= 0.6 is 0 Å². The maximum atomic E-state index is 15.3. The second-order valence-corrected chi connectivity index (χ2v) is 8.17. The van der Waals surface area contributed by atoms with Crippen molar-refractivity contribution >= 4 is 5.78 Å². The molecule has 4 rings (SSSR count). The minimum Gasteiger partial charge on any atom is -0.497 e. The van der Waals surface area contributed by atoms with Crippen LogP contribution in [0.1, 0.15) is 15.9 Å². The van der Waals surface area contributed by atoms with Gasteiger partial charge in [-0.3, -0.25) is 4.79 Å². The lowest BCUT2D eigenvalue weighted by Crippen LogP contribution is -2.53. The summed E-state index contributed by atoms with van der Waals surface area (Å²) in [5.74, 6) is -1.18. The fraction of sp³-hybridized carbons (Fsp3) is 0.138. The van der Waals surface area contributed by atoms with E-state index in [9.17, 15) is 22.4 Å². The van der Waals surface area contributed by atoms with Gasteiger partial charge in [0.1, 0.15) is 17.2 Å². The Bertz CT molecular complexity index is 1370. The largest absolute Gasteiger partial charge is 0.497 e. The van der Waals surface area contributed by atoms with E-state index >= 15 is 4.39 Å². The Morgan fingerprint density at radius 3 is 1.76 bits per heavy atom. The Balaban J connectivity index is 1.53. The molecule has 4 aromatic carbocycles. The highest BCUT2D eigenvalue weighted by Crippen LogP contribution is 2.38. The van der Waals surface area contributed by atoms with Crippen LogP contribution in [0.25, 0.3) is 11.1 Å². The normalized spacial score (nSPS) is 13.7. The molecule has 0 aromatic heterocycles. The summed E-state index contributed by atoms with van der Waals surface area (Å²) in [4.78, 5) is 12.9. The number of halogens is 5. The van der Waals surface area contributed by atoms with Gasteiger partial charge in [-0.05, 0) is 47.5 Å². The average molecular weight is 528 g/mol. The van der Waals surface area contributed by atoms with E-state index in [4.69, 9.17) is 14.2 Å². The highest BCUT2D eigenvalue weighted by Gasteiger charge is 2.61. The molecule has 0 bridgehead atoms. The van der Waals surface area contributed by atoms with Gasteiger partial charge in [-0.25, -0.2) is 4.39 Å². The molecular weight excluding hydrogens is 507 g/mol. The summed E-state index contributed by atoms with van der Waals surface area (Å²) in [5, 5.41) is 0. The van der Waals surface area contributed by atoms with Crippen molar-refractivity contribution in [2.75, 3.05) is 7.11 Å². The first-order valence-electron chi connectivity index (χ1n) is 11.3. The summed E-state index contributed by atoms with van der Waals surface area (Å²) in [7, 11) is 1.28. The number of ketones is 1. The van der Waals surface area contributed by atoms with Crippen LogP contribution in [0, 0.1) is 0 Å². The number of hydrogen-bond donors (Lipinski definition) is 0. The van der Waals surface area contributed by atoms with E-state index in [1.54, 1.807) is 24.3 Å². The Morgan fingerprint density at radius 2 is 1.18 bits per heavy atom. The molecule has 0 N–H and O–H groups in total. The van der Waals surface area contributed by atoms with Crippen LogP contribution in [0.4, 0.5) is 22.0 Å². The molecule has 0 aliphatic carbocycles. The van der Waals surface area contributed by atoms with Crippen molar-refractivity contribution < 1.29 is 41.0 Å². The summed E-state index contributed by atoms with van der Waals surface area (Å²) in [6.45, 7) is 0. The first kappa shape index (κ1) is 26.7. The third kappa shape index (κ3) is 6.11. The van der Waals surface area contributed by atoms with Crippen LogP contribution in [0.3, 0.4) is 0 Å². The maximum Gasteiger partial charge on any atom is 0.449 e. The van der Waals surface area contributed by atoms with Crippen LogP contribution in [0.5, 0.6) is 17.2 Å². The summed E-state index contributed by atoms with van der Waals surface area (Å²) in [5.41, 5.74) is 2.41. The monoisotopic (exact) mass is 528 g/mol. The van der Waals surface area contributed by atoms with Gasteiger partial charge in [0.15, 0.2) is 5.78 Å². The van der Waals surface area contributed by atoms with E-state index in [0.29, 0.717) is 5.56 Å². The molecule has 2 unspecified atom stereocenters. The molecule has 196 valence electrons. The summed E-state index contributed by atoms with van der Waals surface area (Å²) >= 11 is 0. The second-order valence-electron chi connectivity index (χ2n) is 8.17. The lowest BCUT2D eigenvalue weighted by molar-refractivity contribution is -0.325. The molecule has 2 atom stereocenters. The molecule has 0 aliphatic heterocycles. The standard InChI is InChI=1S/C29H21F5O4/c1-36-24-8-5-9-25(18-24)38-29(34,27(30)28(31,32)33)37-23-16-14-22(15-17-23)26(35)21-12-10-20(11-13-21)19-6-3-2-4-7-19/h2-18,27H,1H3. The molecule has 0 fully saturated rings. The SMILES string of the molecule is COc1cccc(OC(F)(Oc2ccc(C(=O)c3ccc(-c4ccccc4)cc3)cc2)C(F)C(F)(F)F)c1. The highest BCUT2D eigenvalue weighted by atomic mass is 19.4. The van der Waals surface area contributed by atoms with Crippen LogP contribution in [0.2, 0.25) is 0 Å². The van der Waals surface area contributed by atoms with Gasteiger partial charge in [-0.15, -0.1) is 0 Å². The number of rotatable bonds is 9. The van der Waals surface area contributed by atoms with Crippen LogP contribution < -0.4 is 14.2 Å². The fourth-order valence-electron chi connectivity index (χ4n) is 3.59. The number of ether oxygens (including phenoxy) is 3. The number of hydrogen-bond acceptors (Lipinski definition) is 4. The number of alkyl halides is 5. The number of methoxy groups -OCH3 is 1. The summed E-state index contributed by atoms with van der Waals surface area (Å²) in [6.07, 6.45) is -9.78. The second kappa shape index (κ2) is 10.9. The number of carbonyl (C=O) groups excluding carboxylic acids is 1. The quantitative estimate of drug-likeness (QED) is 0.128. The predicted octanol–water partition coefficient (Wildman–Crippen LogP) is 7.57. The zero-order chi connectivity index (χ0) is 27.3. The number of benzene rings is 4. The van der Waals surface area contributed by atoms with Crippen LogP contribution in [-0.2, 0) is 0 Å². The molecule has 0 aliphatic rings. The van der Waals surface area contributed by atoms with Crippen molar-refractivity contribution in [3.8, 4) is 28.4 Å². The molecule has 0 heterocycles. The van der Waals surface area contributed by atoms with E-state index in [2.05, 4.69) is 0 Å². The maximum absolute atomic E-state index is 15.3. The molecule has 0 amide bonds. The summed E-state index contributed by atoms with van der Waals surface area (Å²) < 4.78 is 83.4. The van der Waals surface area contributed by atoms with Gasteiger partial charge in [0, 0.05) is 17.2 Å². The fourth-order valence-corrected chi connectivity index (χ4v) is 3.59. The van der Waals surface area contributed by atoms with Crippen molar-refractivity contribution in [3.63, 3.8) is 0 Å². The smallest absolute Gasteiger partial charge is 0.449 e. The minimum atomic E-state index is -5.63. The van der Waals surface area contributed by atoms with Crippen molar-refractivity contribution in [3.05, 3.63) is 114 Å². The van der Waals surface area contributed by atoms with E-state index in [-0.39, 0.29) is 17.1 Å². The zero-order valence-corrected chi connectivity index (χ0v) is 19.9. The van der Waals surface area contributed by atoms with Crippen molar-refractivity contribution in [1.82, 2.24) is 0 Å². The van der Waals surface area contributed by atoms with Crippen LogP contribution in [0.15, 0.2) is 103 Å². The van der Waals surface area contributed by atoms with Gasteiger partial charge in [0.2, 0.25) is 0 Å². The number of carbonyl (C=O) groups is 1. The van der Waals surface area contributed by atoms with Gasteiger partial charge in [0.05, 0.1) is 7.11 Å². The average Bonchev–Trinajstić information content (AvgIpc) is 2.93. The van der Waals surface area contributed by atoms with E-state index in [1.165, 1.54) is 31.4 Å². The predicted molar refractivity (Wildman–Crippen MR) is 131 cm³/mol. The molecule has 4 aromatic rings. The molecule has 0 radical (unpaired) electrons. The first-order chi connectivity index (χ1) is 18.1. The topological polar surface area (TPSA) is 44.8 Å². The lowest BCUT2D eigenvalue weighted by Gasteiger charge is -2.30. The van der Waals surface area contributed by atoms with Gasteiger partial charge < -0.3 is 14.2 Å². The van der Waals surface area contributed by atoms with Gasteiger partial charge >= 0.3 is 18.4 Å². The van der Waals surface area contributed by atoms with Gasteiger partial charge in [-0.1, -0.05) is 60.7 Å². The summed E-state index contributed by atoms with van der Waals surface area (Å²) in [6, 6.07) is 21.7. The van der Waals surface area contributed by atoms with Gasteiger partial charge in [0.25, 0.3) is 0 Å². The Hall–Kier alpha value is -4.40. The van der Waals surface area contributed by atoms with Crippen LogP contribution in [-0.4, -0.2) is 31.3 Å². The third-order valence-corrected chi connectivity index (χ3v) is 5.52. The molecular formula is C29H21F5O4. The Morgan fingerprint density at radius 1 is 0.658 bits per heavy atom. The van der Waals surface area contributed by atoms with Crippen molar-refractivity contribution in [2.45, 2.75) is 18.4 Å². The first-order valence-corrected chi connectivity index (χ1v) is 11.3.